The monoisotopic (exact) mass is 295 g/mol. The van der Waals surface area contributed by atoms with Gasteiger partial charge in [-0.1, -0.05) is 6.07 Å². The minimum Gasteiger partial charge on any atom is -0.309 e. The van der Waals surface area contributed by atoms with Crippen molar-refractivity contribution in [3.8, 4) is 0 Å². The lowest BCUT2D eigenvalue weighted by molar-refractivity contribution is 0.554. The van der Waals surface area contributed by atoms with Crippen LogP contribution in [0.2, 0.25) is 0 Å². The molecule has 1 atom stereocenters. The van der Waals surface area contributed by atoms with Gasteiger partial charge in [-0.05, 0) is 30.6 Å². The molecule has 1 N–H and O–H groups in total. The van der Waals surface area contributed by atoms with E-state index in [-0.39, 0.29) is 6.04 Å². The van der Waals surface area contributed by atoms with Crippen molar-refractivity contribution in [2.24, 2.45) is 0 Å². The molecule has 0 saturated heterocycles. The third-order valence-electron chi connectivity index (χ3n) is 3.01. The first kappa shape index (κ1) is 12.7. The molecule has 0 saturated carbocycles. The molecule has 0 radical (unpaired) electrons. The Labute approximate surface area is 117 Å². The molecule has 0 fully saturated rings. The molecule has 2 heterocycles. The number of rotatable bonds is 3. The molecule has 1 aromatic carbocycles. The largest absolute Gasteiger partial charge is 0.309 e. The Morgan fingerprint density at radius 3 is 2.63 bits per heavy atom. The summed E-state index contributed by atoms with van der Waals surface area (Å²) < 4.78 is 29.3. The summed E-state index contributed by atoms with van der Waals surface area (Å²) in [5.41, 5.74) is 0.470. The number of thiophene rings is 2. The van der Waals surface area contributed by atoms with Crippen LogP contribution in [0.3, 0.4) is 0 Å². The van der Waals surface area contributed by atoms with Crippen LogP contribution in [-0.4, -0.2) is 7.05 Å². The Bertz CT molecular complexity index is 689. The van der Waals surface area contributed by atoms with E-state index in [4.69, 9.17) is 0 Å². The van der Waals surface area contributed by atoms with E-state index in [0.29, 0.717) is 5.56 Å². The number of halogens is 2. The van der Waals surface area contributed by atoms with Crippen molar-refractivity contribution < 1.29 is 8.78 Å². The number of hydrogen-bond acceptors (Lipinski definition) is 3. The second-order valence-corrected chi connectivity index (χ2v) is 6.25. The minimum absolute atomic E-state index is 0.245. The zero-order chi connectivity index (χ0) is 13.4. The van der Waals surface area contributed by atoms with Crippen molar-refractivity contribution in [2.45, 2.75) is 6.04 Å². The molecule has 19 heavy (non-hydrogen) atoms. The van der Waals surface area contributed by atoms with Gasteiger partial charge >= 0.3 is 0 Å². The topological polar surface area (TPSA) is 12.0 Å². The van der Waals surface area contributed by atoms with Gasteiger partial charge in [-0.2, -0.15) is 0 Å². The van der Waals surface area contributed by atoms with Crippen LogP contribution in [0.15, 0.2) is 35.7 Å². The van der Waals surface area contributed by atoms with Gasteiger partial charge in [0.05, 0.1) is 6.04 Å². The van der Waals surface area contributed by atoms with Gasteiger partial charge in [-0.3, -0.25) is 0 Å². The third kappa shape index (κ3) is 2.29. The normalized spacial score (nSPS) is 13.0. The van der Waals surface area contributed by atoms with Crippen molar-refractivity contribution in [1.29, 1.82) is 0 Å². The fourth-order valence-corrected chi connectivity index (χ4v) is 4.36. The molecule has 0 aliphatic rings. The van der Waals surface area contributed by atoms with Crippen LogP contribution in [0.25, 0.3) is 9.40 Å². The predicted molar refractivity (Wildman–Crippen MR) is 77.0 cm³/mol. The van der Waals surface area contributed by atoms with Crippen LogP contribution in [0.1, 0.15) is 16.5 Å². The standard InChI is InChI=1S/C14H11F2NS2/c1-17-14(9-3-2-8(15)6-10(9)16)13-7-12-11(19-13)4-5-18-12/h2-7,14,17H,1H3. The van der Waals surface area contributed by atoms with Gasteiger partial charge in [0.1, 0.15) is 11.6 Å². The average Bonchev–Trinajstić information content (AvgIpc) is 2.93. The van der Waals surface area contributed by atoms with Gasteiger partial charge in [-0.25, -0.2) is 8.78 Å². The van der Waals surface area contributed by atoms with Gasteiger partial charge < -0.3 is 5.32 Å². The fraction of sp³-hybridized carbons (Fsp3) is 0.143. The lowest BCUT2D eigenvalue weighted by atomic mass is 10.0. The van der Waals surface area contributed by atoms with E-state index in [1.165, 1.54) is 21.5 Å². The van der Waals surface area contributed by atoms with Crippen LogP contribution in [0, 0.1) is 11.6 Å². The van der Waals surface area contributed by atoms with Crippen molar-refractivity contribution in [1.82, 2.24) is 5.32 Å². The number of hydrogen-bond donors (Lipinski definition) is 1. The highest BCUT2D eigenvalue weighted by Crippen LogP contribution is 2.36. The molecule has 0 bridgehead atoms. The van der Waals surface area contributed by atoms with Crippen molar-refractivity contribution >= 4 is 32.1 Å². The van der Waals surface area contributed by atoms with Gasteiger partial charge in [0.25, 0.3) is 0 Å². The molecule has 0 spiro atoms. The Balaban J connectivity index is 2.06. The Morgan fingerprint density at radius 2 is 1.95 bits per heavy atom. The SMILES string of the molecule is CNC(c1cc2sccc2s1)c1ccc(F)cc1F. The predicted octanol–water partition coefficient (Wildman–Crippen LogP) is 4.55. The molecular formula is C14H11F2NS2. The highest BCUT2D eigenvalue weighted by molar-refractivity contribution is 7.27. The second-order valence-electron chi connectivity index (χ2n) is 4.19. The Morgan fingerprint density at radius 1 is 1.11 bits per heavy atom. The van der Waals surface area contributed by atoms with Crippen molar-refractivity contribution in [3.05, 3.63) is 57.8 Å². The first-order chi connectivity index (χ1) is 9.19. The maximum absolute atomic E-state index is 13.9. The molecule has 1 unspecified atom stereocenters. The summed E-state index contributed by atoms with van der Waals surface area (Å²) in [5, 5.41) is 5.14. The first-order valence-electron chi connectivity index (χ1n) is 5.78. The van der Waals surface area contributed by atoms with E-state index >= 15 is 0 Å². The highest BCUT2D eigenvalue weighted by Gasteiger charge is 2.19. The third-order valence-corrected chi connectivity index (χ3v) is 5.16. The van der Waals surface area contributed by atoms with E-state index < -0.39 is 11.6 Å². The fourth-order valence-electron chi connectivity index (χ4n) is 2.11. The quantitative estimate of drug-likeness (QED) is 0.747. The van der Waals surface area contributed by atoms with E-state index in [1.807, 2.05) is 5.38 Å². The van der Waals surface area contributed by atoms with E-state index in [0.717, 1.165) is 10.9 Å². The molecule has 0 aliphatic heterocycles. The number of nitrogens with one attached hydrogen (secondary N) is 1. The van der Waals surface area contributed by atoms with E-state index in [9.17, 15) is 8.78 Å². The number of benzene rings is 1. The molecule has 0 aliphatic carbocycles. The molecule has 3 aromatic rings. The molecule has 3 rings (SSSR count). The Hall–Kier alpha value is -1.30. The molecule has 5 heteroatoms. The van der Waals surface area contributed by atoms with Gasteiger partial charge in [0.15, 0.2) is 0 Å². The maximum Gasteiger partial charge on any atom is 0.131 e. The van der Waals surface area contributed by atoms with Crippen molar-refractivity contribution in [2.75, 3.05) is 7.05 Å². The van der Waals surface area contributed by atoms with Crippen molar-refractivity contribution in [3.63, 3.8) is 0 Å². The molecule has 2 aromatic heterocycles. The summed E-state index contributed by atoms with van der Waals surface area (Å²) >= 11 is 3.30. The second kappa shape index (κ2) is 5.00. The maximum atomic E-state index is 13.9. The highest BCUT2D eigenvalue weighted by atomic mass is 32.1. The summed E-state index contributed by atoms with van der Waals surface area (Å²) in [4.78, 5) is 1.04. The van der Waals surface area contributed by atoms with E-state index in [2.05, 4.69) is 17.4 Å². The van der Waals surface area contributed by atoms with Crippen LogP contribution >= 0.6 is 22.7 Å². The molecular weight excluding hydrogens is 284 g/mol. The molecule has 0 amide bonds. The zero-order valence-corrected chi connectivity index (χ0v) is 11.7. The summed E-state index contributed by atoms with van der Waals surface area (Å²) in [6.07, 6.45) is 0. The molecule has 98 valence electrons. The number of fused-ring (bicyclic) bond motifs is 1. The summed E-state index contributed by atoms with van der Waals surface area (Å²) in [5.74, 6) is -1.07. The summed E-state index contributed by atoms with van der Waals surface area (Å²) in [6.45, 7) is 0. The minimum atomic E-state index is -0.553. The van der Waals surface area contributed by atoms with Crippen LogP contribution in [-0.2, 0) is 0 Å². The lowest BCUT2D eigenvalue weighted by Crippen LogP contribution is -2.17. The molecule has 1 nitrogen and oxygen atoms in total. The zero-order valence-electron chi connectivity index (χ0n) is 10.1. The summed E-state index contributed by atoms with van der Waals surface area (Å²) in [7, 11) is 1.78. The van der Waals surface area contributed by atoms with Gasteiger partial charge in [0, 0.05) is 25.9 Å². The van der Waals surface area contributed by atoms with Crippen LogP contribution < -0.4 is 5.32 Å². The van der Waals surface area contributed by atoms with E-state index in [1.54, 1.807) is 29.7 Å². The average molecular weight is 295 g/mol. The summed E-state index contributed by atoms with van der Waals surface area (Å²) in [6, 6.07) is 7.59. The van der Waals surface area contributed by atoms with Gasteiger partial charge in [-0.15, -0.1) is 22.7 Å². The Kier molecular flexibility index (Phi) is 3.35. The van der Waals surface area contributed by atoms with Crippen LogP contribution in [0.4, 0.5) is 8.78 Å². The lowest BCUT2D eigenvalue weighted by Gasteiger charge is -2.15. The smallest absolute Gasteiger partial charge is 0.131 e. The first-order valence-corrected chi connectivity index (χ1v) is 7.48. The van der Waals surface area contributed by atoms with Gasteiger partial charge in [0.2, 0.25) is 0 Å². The van der Waals surface area contributed by atoms with Crippen LogP contribution in [0.5, 0.6) is 0 Å².